The third-order valence-corrected chi connectivity index (χ3v) is 4.24. The minimum atomic E-state index is -0.253. The number of amides is 2. The number of nitrogens with zero attached hydrogens (tertiary/aromatic N) is 1. The van der Waals surface area contributed by atoms with Gasteiger partial charge in [0.15, 0.2) is 0 Å². The molecule has 0 aliphatic rings. The number of urea groups is 1. The number of hydrogen-bond donors (Lipinski definition) is 2. The van der Waals surface area contributed by atoms with E-state index in [0.717, 1.165) is 21.8 Å². The molecule has 0 spiro atoms. The smallest absolute Gasteiger partial charge is 0.319 e. The molecule has 0 aliphatic carbocycles. The van der Waals surface area contributed by atoms with Crippen molar-refractivity contribution >= 4 is 34.7 Å². The summed E-state index contributed by atoms with van der Waals surface area (Å²) in [5.41, 5.74) is 2.70. The Balaban J connectivity index is 1.59. The van der Waals surface area contributed by atoms with Crippen LogP contribution in [0.3, 0.4) is 0 Å². The van der Waals surface area contributed by atoms with Crippen molar-refractivity contribution in [3.05, 3.63) is 70.7 Å². The number of thiazole rings is 1. The molecule has 3 rings (SSSR count). The van der Waals surface area contributed by atoms with Gasteiger partial charge in [0.1, 0.15) is 5.01 Å². The molecule has 0 fully saturated rings. The normalized spacial score (nSPS) is 10.3. The van der Waals surface area contributed by atoms with Gasteiger partial charge < -0.3 is 10.6 Å². The second-order valence-electron chi connectivity index (χ2n) is 4.85. The highest BCUT2D eigenvalue weighted by Gasteiger charge is 2.05. The first-order chi connectivity index (χ1) is 11.2. The minimum absolute atomic E-state index is 0.253. The monoisotopic (exact) mass is 343 g/mol. The van der Waals surface area contributed by atoms with E-state index >= 15 is 0 Å². The maximum atomic E-state index is 12.0. The van der Waals surface area contributed by atoms with Crippen LogP contribution < -0.4 is 10.6 Å². The first kappa shape index (κ1) is 15.5. The lowest BCUT2D eigenvalue weighted by Gasteiger charge is -2.08. The van der Waals surface area contributed by atoms with E-state index in [1.807, 2.05) is 41.8 Å². The van der Waals surface area contributed by atoms with E-state index in [2.05, 4.69) is 15.6 Å². The number of hydrogen-bond acceptors (Lipinski definition) is 3. The molecular formula is C17H14ClN3OS. The third kappa shape index (κ3) is 4.31. The van der Waals surface area contributed by atoms with Crippen molar-refractivity contribution in [1.82, 2.24) is 10.3 Å². The quantitative estimate of drug-likeness (QED) is 0.716. The van der Waals surface area contributed by atoms with Crippen LogP contribution in [-0.2, 0) is 6.54 Å². The molecule has 0 radical (unpaired) electrons. The van der Waals surface area contributed by atoms with E-state index < -0.39 is 0 Å². The van der Waals surface area contributed by atoms with E-state index in [1.54, 1.807) is 29.7 Å². The number of nitrogens with one attached hydrogen (secondary N) is 2. The van der Waals surface area contributed by atoms with Gasteiger partial charge in [-0.05, 0) is 29.8 Å². The predicted molar refractivity (Wildman–Crippen MR) is 94.9 cm³/mol. The van der Waals surface area contributed by atoms with E-state index in [-0.39, 0.29) is 6.03 Å². The van der Waals surface area contributed by atoms with Gasteiger partial charge in [0.2, 0.25) is 0 Å². The molecule has 4 nitrogen and oxygen atoms in total. The molecule has 6 heteroatoms. The summed E-state index contributed by atoms with van der Waals surface area (Å²) in [5.74, 6) is 0. The van der Waals surface area contributed by atoms with Crippen LogP contribution >= 0.6 is 22.9 Å². The van der Waals surface area contributed by atoms with Gasteiger partial charge in [-0.15, -0.1) is 11.3 Å². The Kier molecular flexibility index (Phi) is 4.90. The highest BCUT2D eigenvalue weighted by atomic mass is 35.5. The molecule has 0 unspecified atom stereocenters. The van der Waals surface area contributed by atoms with Gasteiger partial charge >= 0.3 is 6.03 Å². The van der Waals surface area contributed by atoms with Crippen LogP contribution in [0.2, 0.25) is 5.02 Å². The molecule has 0 bridgehead atoms. The average Bonchev–Trinajstić information content (AvgIpc) is 3.09. The summed E-state index contributed by atoms with van der Waals surface area (Å²) in [6.45, 7) is 0.440. The van der Waals surface area contributed by atoms with Gasteiger partial charge in [-0.1, -0.05) is 35.9 Å². The molecule has 3 aromatic rings. The van der Waals surface area contributed by atoms with Gasteiger partial charge in [-0.2, -0.15) is 0 Å². The Morgan fingerprint density at radius 1 is 1.17 bits per heavy atom. The summed E-state index contributed by atoms with van der Waals surface area (Å²) < 4.78 is 0. The molecule has 2 aromatic carbocycles. The summed E-state index contributed by atoms with van der Waals surface area (Å²) in [4.78, 5) is 16.3. The van der Waals surface area contributed by atoms with Crippen molar-refractivity contribution < 1.29 is 4.79 Å². The van der Waals surface area contributed by atoms with Crippen LogP contribution in [0.25, 0.3) is 10.6 Å². The summed E-state index contributed by atoms with van der Waals surface area (Å²) in [7, 11) is 0. The molecule has 2 N–H and O–H groups in total. The van der Waals surface area contributed by atoms with E-state index in [1.165, 1.54) is 0 Å². The zero-order valence-corrected chi connectivity index (χ0v) is 13.7. The van der Waals surface area contributed by atoms with Gasteiger partial charge in [0, 0.05) is 34.4 Å². The lowest BCUT2D eigenvalue weighted by atomic mass is 10.2. The van der Waals surface area contributed by atoms with Crippen LogP contribution in [0.5, 0.6) is 0 Å². The fourth-order valence-electron chi connectivity index (χ4n) is 2.06. The zero-order chi connectivity index (χ0) is 16.1. The van der Waals surface area contributed by atoms with Crippen LogP contribution in [0.1, 0.15) is 5.56 Å². The second kappa shape index (κ2) is 7.26. The van der Waals surface area contributed by atoms with E-state index in [4.69, 9.17) is 11.6 Å². The minimum Gasteiger partial charge on any atom is -0.334 e. The number of carbonyl (C=O) groups is 1. The molecule has 0 saturated heterocycles. The topological polar surface area (TPSA) is 54.0 Å². The largest absolute Gasteiger partial charge is 0.334 e. The van der Waals surface area contributed by atoms with Crippen molar-refractivity contribution in [1.29, 1.82) is 0 Å². The molecule has 23 heavy (non-hydrogen) atoms. The van der Waals surface area contributed by atoms with Crippen molar-refractivity contribution in [3.63, 3.8) is 0 Å². The van der Waals surface area contributed by atoms with Crippen LogP contribution in [0, 0.1) is 0 Å². The molecule has 0 atom stereocenters. The van der Waals surface area contributed by atoms with E-state index in [0.29, 0.717) is 11.6 Å². The maximum Gasteiger partial charge on any atom is 0.319 e. The second-order valence-corrected chi connectivity index (χ2v) is 6.18. The maximum absolute atomic E-state index is 12.0. The zero-order valence-electron chi connectivity index (χ0n) is 12.1. The Morgan fingerprint density at radius 3 is 2.74 bits per heavy atom. The van der Waals surface area contributed by atoms with Gasteiger partial charge in [-0.3, -0.25) is 0 Å². The van der Waals surface area contributed by atoms with Crippen LogP contribution in [0.15, 0.2) is 60.1 Å². The van der Waals surface area contributed by atoms with Gasteiger partial charge in [-0.25, -0.2) is 9.78 Å². The summed E-state index contributed by atoms with van der Waals surface area (Å²) in [6.07, 6.45) is 1.76. The van der Waals surface area contributed by atoms with Crippen molar-refractivity contribution in [2.24, 2.45) is 0 Å². The fraction of sp³-hybridized carbons (Fsp3) is 0.0588. The summed E-state index contributed by atoms with van der Waals surface area (Å²) in [6, 6.07) is 14.7. The standard InChI is InChI=1S/C17H14ClN3OS/c18-14-6-4-12(5-7-14)11-20-17(22)21-15-3-1-2-13(10-15)16-19-8-9-23-16/h1-10H,11H2,(H2,20,21,22). The van der Waals surface area contributed by atoms with Crippen molar-refractivity contribution in [2.45, 2.75) is 6.54 Å². The number of benzene rings is 2. The molecule has 0 saturated carbocycles. The van der Waals surface area contributed by atoms with Crippen LogP contribution in [0.4, 0.5) is 10.5 Å². The number of rotatable bonds is 4. The first-order valence-corrected chi connectivity index (χ1v) is 8.26. The SMILES string of the molecule is O=C(NCc1ccc(Cl)cc1)Nc1cccc(-c2nccs2)c1. The number of halogens is 1. The average molecular weight is 344 g/mol. The number of carbonyl (C=O) groups excluding carboxylic acids is 1. The fourth-order valence-corrected chi connectivity index (χ4v) is 2.82. The molecule has 116 valence electrons. The van der Waals surface area contributed by atoms with Crippen LogP contribution in [-0.4, -0.2) is 11.0 Å². The Hall–Kier alpha value is -2.37. The molecule has 0 aliphatic heterocycles. The Bertz CT molecular complexity index is 788. The van der Waals surface area contributed by atoms with Crippen molar-refractivity contribution in [2.75, 3.05) is 5.32 Å². The Labute approximate surface area is 143 Å². The number of aromatic nitrogens is 1. The van der Waals surface area contributed by atoms with E-state index in [9.17, 15) is 4.79 Å². The highest BCUT2D eigenvalue weighted by Crippen LogP contribution is 2.24. The number of anilines is 1. The molecule has 1 aromatic heterocycles. The summed E-state index contributed by atoms with van der Waals surface area (Å²) in [5, 5.41) is 9.17. The van der Waals surface area contributed by atoms with Gasteiger partial charge in [0.25, 0.3) is 0 Å². The third-order valence-electron chi connectivity index (χ3n) is 3.17. The first-order valence-electron chi connectivity index (χ1n) is 7.00. The van der Waals surface area contributed by atoms with Crippen molar-refractivity contribution in [3.8, 4) is 10.6 Å². The predicted octanol–water partition coefficient (Wildman–Crippen LogP) is 4.79. The summed E-state index contributed by atoms with van der Waals surface area (Å²) >= 11 is 7.40. The highest BCUT2D eigenvalue weighted by molar-refractivity contribution is 7.13. The Morgan fingerprint density at radius 2 is 2.00 bits per heavy atom. The molecule has 2 amide bonds. The molecule has 1 heterocycles. The lowest BCUT2D eigenvalue weighted by Crippen LogP contribution is -2.28. The lowest BCUT2D eigenvalue weighted by molar-refractivity contribution is 0.251. The molecular weight excluding hydrogens is 330 g/mol. The van der Waals surface area contributed by atoms with Gasteiger partial charge in [0.05, 0.1) is 0 Å².